The molecule has 0 unspecified atom stereocenters. The van der Waals surface area contributed by atoms with Crippen LogP contribution < -0.4 is 0 Å². The van der Waals surface area contributed by atoms with Crippen molar-refractivity contribution >= 4 is 141 Å². The SMILES string of the molecule is CC1(C)c2ccccc2-c2ccc(-c3ccc4c5ccccc5n(-c5nc(-n6c7cc(-c8ccc9c(c8)c8ccccc8n9-c8ccccc8)ccc7c7ccc(-c8ccc9c(c8)c8ccccc8n9-c8ccccc8)cc76)nc(-n6c7ccccc7c7c8sc9ccccc9c8ccc76)n5)c4c3)cc21. The van der Waals surface area contributed by atoms with E-state index in [9.17, 15) is 0 Å². The summed E-state index contributed by atoms with van der Waals surface area (Å²) in [4.78, 5) is 17.8. The van der Waals surface area contributed by atoms with Crippen molar-refractivity contribution in [1.29, 1.82) is 0 Å². The molecule has 1 aliphatic carbocycles. The predicted molar refractivity (Wildman–Crippen MR) is 438 cm³/mol. The normalized spacial score (nSPS) is 12.9. The third-order valence-electron chi connectivity index (χ3n) is 22.8. The zero-order valence-electron chi connectivity index (χ0n) is 57.2. The second kappa shape index (κ2) is 21.8. The van der Waals surface area contributed by atoms with E-state index in [0.717, 1.165) is 116 Å². The van der Waals surface area contributed by atoms with Gasteiger partial charge in [-0.3, -0.25) is 13.7 Å². The Hall–Kier alpha value is -13.5. The first-order valence-corrected chi connectivity index (χ1v) is 36.8. The lowest BCUT2D eigenvalue weighted by molar-refractivity contribution is 0.660. The fourth-order valence-electron chi connectivity index (χ4n) is 18.0. The molecule has 0 saturated heterocycles. The minimum absolute atomic E-state index is 0.168. The van der Waals surface area contributed by atoms with E-state index in [0.29, 0.717) is 17.8 Å². The fraction of sp³-hybridized carbons (Fsp3) is 0.0312. The highest BCUT2D eigenvalue weighted by atomic mass is 32.1. The van der Waals surface area contributed by atoms with Crippen LogP contribution in [0.4, 0.5) is 0 Å². The Bertz CT molecular complexity index is 7290. The summed E-state index contributed by atoms with van der Waals surface area (Å²) >= 11 is 1.85. The molecule has 0 atom stereocenters. The summed E-state index contributed by atoms with van der Waals surface area (Å²) in [5, 5.41) is 13.9. The number of hydrogen-bond acceptors (Lipinski definition) is 4. The van der Waals surface area contributed by atoms with E-state index in [1.54, 1.807) is 0 Å². The van der Waals surface area contributed by atoms with E-state index in [1.807, 2.05) is 11.3 Å². The third-order valence-corrected chi connectivity index (χ3v) is 24.0. The first-order chi connectivity index (χ1) is 51.8. The molecule has 22 aromatic rings. The zero-order valence-corrected chi connectivity index (χ0v) is 58.0. The van der Waals surface area contributed by atoms with Crippen LogP contribution in [0.1, 0.15) is 25.0 Å². The molecule has 0 saturated carbocycles. The van der Waals surface area contributed by atoms with Gasteiger partial charge in [-0.25, -0.2) is 0 Å². The molecular formula is C96H60N8S. The van der Waals surface area contributed by atoms with E-state index >= 15 is 0 Å². The molecule has 105 heavy (non-hydrogen) atoms. The van der Waals surface area contributed by atoms with Crippen LogP contribution in [0.3, 0.4) is 0 Å². The van der Waals surface area contributed by atoms with Gasteiger partial charge >= 0.3 is 0 Å². The Balaban J connectivity index is 0.806. The molecule has 7 heterocycles. The van der Waals surface area contributed by atoms with Gasteiger partial charge in [-0.1, -0.05) is 232 Å². The lowest BCUT2D eigenvalue weighted by Crippen LogP contribution is -2.14. The molecule has 1 aliphatic rings. The highest BCUT2D eigenvalue weighted by Gasteiger charge is 2.36. The summed E-state index contributed by atoms with van der Waals surface area (Å²) in [6.07, 6.45) is 0. The number of thiophene rings is 1. The number of benzene rings is 15. The largest absolute Gasteiger partial charge is 0.309 e. The average molecular weight is 1360 g/mol. The fourth-order valence-corrected chi connectivity index (χ4v) is 19.2. The van der Waals surface area contributed by atoms with Gasteiger partial charge in [-0.2, -0.15) is 15.0 Å². The molecule has 0 bridgehead atoms. The predicted octanol–water partition coefficient (Wildman–Crippen LogP) is 25.0. The quantitative estimate of drug-likeness (QED) is 0.152. The monoisotopic (exact) mass is 1360 g/mol. The molecule has 7 aromatic heterocycles. The van der Waals surface area contributed by atoms with Crippen molar-refractivity contribution < 1.29 is 0 Å². The Labute approximate surface area is 606 Å². The summed E-state index contributed by atoms with van der Waals surface area (Å²) in [5.74, 6) is 1.50. The minimum Gasteiger partial charge on any atom is -0.309 e. The van der Waals surface area contributed by atoms with Gasteiger partial charge < -0.3 is 9.13 Å². The Morgan fingerprint density at radius 1 is 0.238 bits per heavy atom. The minimum atomic E-state index is -0.168. The molecular weight excluding hydrogens is 1300 g/mol. The van der Waals surface area contributed by atoms with Gasteiger partial charge in [0, 0.05) is 90.8 Å². The smallest absolute Gasteiger partial charge is 0.241 e. The lowest BCUT2D eigenvalue weighted by Gasteiger charge is -2.22. The van der Waals surface area contributed by atoms with Gasteiger partial charge in [0.2, 0.25) is 17.8 Å². The molecule has 0 radical (unpaired) electrons. The Morgan fingerprint density at radius 2 is 0.590 bits per heavy atom. The Kier molecular flexibility index (Phi) is 12.1. The van der Waals surface area contributed by atoms with Crippen LogP contribution in [0.25, 0.3) is 203 Å². The number of hydrogen-bond donors (Lipinski definition) is 0. The van der Waals surface area contributed by atoms with E-state index in [4.69, 9.17) is 15.0 Å². The van der Waals surface area contributed by atoms with Crippen LogP contribution in [-0.4, -0.2) is 37.8 Å². The highest BCUT2D eigenvalue weighted by molar-refractivity contribution is 7.26. The highest BCUT2D eigenvalue weighted by Crippen LogP contribution is 2.51. The summed E-state index contributed by atoms with van der Waals surface area (Å²) in [6.45, 7) is 4.72. The molecule has 8 nitrogen and oxygen atoms in total. The topological polar surface area (TPSA) is 63.3 Å². The van der Waals surface area contributed by atoms with Crippen molar-refractivity contribution in [3.63, 3.8) is 0 Å². The summed E-state index contributed by atoms with van der Waals surface area (Å²) in [5.41, 5.74) is 24.6. The van der Waals surface area contributed by atoms with Crippen molar-refractivity contribution in [1.82, 2.24) is 37.8 Å². The molecule has 9 heteroatoms. The summed E-state index contributed by atoms with van der Waals surface area (Å²) in [6, 6.07) is 121. The second-order valence-corrected chi connectivity index (χ2v) is 29.7. The number of nitrogens with zero attached hydrogens (tertiary/aromatic N) is 8. The van der Waals surface area contributed by atoms with Crippen molar-refractivity contribution in [2.75, 3.05) is 0 Å². The Morgan fingerprint density at radius 3 is 1.14 bits per heavy atom. The van der Waals surface area contributed by atoms with Crippen LogP contribution in [-0.2, 0) is 5.41 Å². The van der Waals surface area contributed by atoms with Crippen LogP contribution in [0.15, 0.2) is 328 Å². The summed E-state index contributed by atoms with van der Waals surface area (Å²) < 4.78 is 14.2. The average Bonchev–Trinajstić information content (AvgIpc) is 1.56. The number of para-hydroxylation sites is 6. The molecule has 490 valence electrons. The third kappa shape index (κ3) is 8.35. The van der Waals surface area contributed by atoms with Crippen LogP contribution in [0.2, 0.25) is 0 Å². The molecule has 0 N–H and O–H groups in total. The van der Waals surface area contributed by atoms with Gasteiger partial charge in [0.15, 0.2) is 0 Å². The first kappa shape index (κ1) is 58.2. The van der Waals surface area contributed by atoms with E-state index in [1.165, 1.54) is 80.4 Å². The molecule has 15 aromatic carbocycles. The van der Waals surface area contributed by atoms with Crippen molar-refractivity contribution in [3.8, 4) is 73.7 Å². The maximum atomic E-state index is 5.96. The van der Waals surface area contributed by atoms with Crippen molar-refractivity contribution in [2.45, 2.75) is 19.3 Å². The molecule has 0 amide bonds. The van der Waals surface area contributed by atoms with Crippen molar-refractivity contribution in [3.05, 3.63) is 339 Å². The molecule has 23 rings (SSSR count). The number of fused-ring (bicyclic) bond motifs is 22. The van der Waals surface area contributed by atoms with Gasteiger partial charge in [0.05, 0.1) is 55.2 Å². The second-order valence-electron chi connectivity index (χ2n) is 28.7. The van der Waals surface area contributed by atoms with Gasteiger partial charge in [-0.05, 0) is 165 Å². The van der Waals surface area contributed by atoms with Crippen LogP contribution in [0.5, 0.6) is 0 Å². The van der Waals surface area contributed by atoms with E-state index in [-0.39, 0.29) is 5.41 Å². The van der Waals surface area contributed by atoms with Crippen LogP contribution in [0, 0.1) is 0 Å². The van der Waals surface area contributed by atoms with Gasteiger partial charge in [-0.15, -0.1) is 11.3 Å². The van der Waals surface area contributed by atoms with E-state index in [2.05, 4.69) is 364 Å². The standard InChI is InChI=1S/C96H60N8S/c1-96(2)78-31-15-9-25-65(78)66-43-37-59(53-79(66)96)62-40-44-70-67-26-10-18-34-82(67)103(87(70)56-62)94-97-93(102-83-35-19-13-30-75(83)91-86(102)50-47-74-73-29-14-20-36-90(73)105-92(74)91)98-95(99-94)104-88-54-60(57-41-48-84-76(51-57)68-27-11-16-32-80(68)100(84)63-21-5-3-6-22-63)38-45-71(88)72-46-39-61(55-89(72)104)58-42-49-85-77(52-58)69-28-12-17-33-81(69)101(85)64-23-7-4-8-24-64/h3-56H,1-2H3. The van der Waals surface area contributed by atoms with E-state index < -0.39 is 0 Å². The van der Waals surface area contributed by atoms with Crippen molar-refractivity contribution in [2.24, 2.45) is 0 Å². The van der Waals surface area contributed by atoms with Gasteiger partial charge in [0.25, 0.3) is 0 Å². The van der Waals surface area contributed by atoms with Crippen LogP contribution >= 0.6 is 11.3 Å². The maximum Gasteiger partial charge on any atom is 0.241 e. The zero-order chi connectivity index (χ0) is 68.9. The lowest BCUT2D eigenvalue weighted by atomic mass is 9.81. The number of aromatic nitrogens is 8. The van der Waals surface area contributed by atoms with Gasteiger partial charge in [0.1, 0.15) is 0 Å². The number of rotatable bonds is 8. The molecule has 0 spiro atoms. The first-order valence-electron chi connectivity index (χ1n) is 36.0. The maximum absolute atomic E-state index is 5.96. The molecule has 0 aliphatic heterocycles. The molecule has 0 fully saturated rings. The summed E-state index contributed by atoms with van der Waals surface area (Å²) in [7, 11) is 0.